The summed E-state index contributed by atoms with van der Waals surface area (Å²) in [6.07, 6.45) is 3.53. The number of nitrogens with one attached hydrogen (secondary N) is 1. The maximum Gasteiger partial charge on any atom is 0.345 e. The normalized spacial score (nSPS) is 10.7. The number of nitrogens with zero attached hydrogens (tertiary/aromatic N) is 1. The predicted octanol–water partition coefficient (Wildman–Crippen LogP) is 3.62. The quantitative estimate of drug-likeness (QED) is 0.756. The van der Waals surface area contributed by atoms with E-state index >= 15 is 0 Å². The fourth-order valence-electron chi connectivity index (χ4n) is 2.12. The van der Waals surface area contributed by atoms with Crippen LogP contribution in [0.5, 0.6) is 0 Å². The Morgan fingerprint density at radius 1 is 1.14 bits per heavy atom. The van der Waals surface area contributed by atoms with Gasteiger partial charge in [0.05, 0.1) is 16.8 Å². The summed E-state index contributed by atoms with van der Waals surface area (Å²) in [5, 5.41) is 8.95. The fraction of sp³-hybridized carbons (Fsp3) is 0.125. The molecule has 2 heterocycles. The minimum Gasteiger partial charge on any atom is -0.477 e. The highest BCUT2D eigenvalue weighted by Crippen LogP contribution is 2.26. The largest absolute Gasteiger partial charge is 0.477 e. The Kier molecular flexibility index (Phi) is 3.83. The minimum absolute atomic E-state index is 0.338. The molecule has 0 saturated carbocycles. The van der Waals surface area contributed by atoms with Gasteiger partial charge in [-0.1, -0.05) is 30.3 Å². The molecule has 0 amide bonds. The molecule has 0 fully saturated rings. The highest BCUT2D eigenvalue weighted by atomic mass is 32.1. The number of carboxylic acid groups (broad SMARTS) is 1. The summed E-state index contributed by atoms with van der Waals surface area (Å²) < 4.78 is 0. The molecular formula is C16H14N2O2S. The molecule has 4 nitrogen and oxygen atoms in total. The average molecular weight is 298 g/mol. The Labute approximate surface area is 126 Å². The van der Waals surface area contributed by atoms with E-state index < -0.39 is 5.97 Å². The number of aromatic amines is 1. The Morgan fingerprint density at radius 3 is 2.67 bits per heavy atom. The molecule has 0 atom stereocenters. The summed E-state index contributed by atoms with van der Waals surface area (Å²) in [5.41, 5.74) is 2.15. The van der Waals surface area contributed by atoms with Crippen molar-refractivity contribution >= 4 is 17.3 Å². The van der Waals surface area contributed by atoms with Crippen LogP contribution >= 0.6 is 11.3 Å². The molecule has 0 spiro atoms. The van der Waals surface area contributed by atoms with Crippen LogP contribution in [0.25, 0.3) is 10.6 Å². The molecule has 5 heteroatoms. The number of H-pyrrole nitrogens is 1. The van der Waals surface area contributed by atoms with Crippen LogP contribution in [0.1, 0.15) is 21.1 Å². The summed E-state index contributed by atoms with van der Waals surface area (Å²) in [4.78, 5) is 19.8. The van der Waals surface area contributed by atoms with Gasteiger partial charge in [0, 0.05) is 6.42 Å². The molecule has 2 N–H and O–H groups in total. The van der Waals surface area contributed by atoms with Crippen molar-refractivity contribution in [2.45, 2.75) is 12.8 Å². The highest BCUT2D eigenvalue weighted by Gasteiger charge is 2.10. The van der Waals surface area contributed by atoms with Crippen molar-refractivity contribution in [2.24, 2.45) is 0 Å². The van der Waals surface area contributed by atoms with Gasteiger partial charge in [-0.15, -0.1) is 11.3 Å². The summed E-state index contributed by atoms with van der Waals surface area (Å²) in [6.45, 7) is 0. The van der Waals surface area contributed by atoms with Gasteiger partial charge in [-0.2, -0.15) is 0 Å². The highest BCUT2D eigenvalue weighted by molar-refractivity contribution is 7.17. The van der Waals surface area contributed by atoms with E-state index in [0.29, 0.717) is 4.88 Å². The lowest BCUT2D eigenvalue weighted by atomic mass is 10.1. The van der Waals surface area contributed by atoms with Crippen LogP contribution in [0.15, 0.2) is 48.7 Å². The second-order valence-electron chi connectivity index (χ2n) is 4.70. The number of aromatic carboxylic acids is 1. The third-order valence-electron chi connectivity index (χ3n) is 3.20. The van der Waals surface area contributed by atoms with Gasteiger partial charge >= 0.3 is 5.97 Å². The SMILES string of the molecule is O=C(O)c1ccc(-c2cnc(CCc3ccccc3)[nH]2)s1. The molecule has 3 rings (SSSR count). The van der Waals surface area contributed by atoms with E-state index in [4.69, 9.17) is 5.11 Å². The topological polar surface area (TPSA) is 66.0 Å². The standard InChI is InChI=1S/C16H14N2O2S/c19-16(20)14-8-7-13(21-14)12-10-17-15(18-12)9-6-11-4-2-1-3-5-11/h1-5,7-8,10H,6,9H2,(H,17,18)(H,19,20). The van der Waals surface area contributed by atoms with E-state index in [1.807, 2.05) is 24.3 Å². The maximum atomic E-state index is 10.9. The third-order valence-corrected chi connectivity index (χ3v) is 4.31. The van der Waals surface area contributed by atoms with Gasteiger partial charge in [-0.3, -0.25) is 0 Å². The number of rotatable bonds is 5. The number of imidazole rings is 1. The average Bonchev–Trinajstić information content (AvgIpc) is 3.15. The fourth-order valence-corrected chi connectivity index (χ4v) is 2.93. The summed E-state index contributed by atoms with van der Waals surface area (Å²) in [7, 11) is 0. The second-order valence-corrected chi connectivity index (χ2v) is 5.78. The van der Waals surface area contributed by atoms with Crippen molar-refractivity contribution in [3.05, 3.63) is 64.9 Å². The summed E-state index contributed by atoms with van der Waals surface area (Å²) in [6, 6.07) is 13.7. The lowest BCUT2D eigenvalue weighted by molar-refractivity contribution is 0.0702. The van der Waals surface area contributed by atoms with Crippen LogP contribution in [-0.2, 0) is 12.8 Å². The number of hydrogen-bond donors (Lipinski definition) is 2. The minimum atomic E-state index is -0.893. The first-order chi connectivity index (χ1) is 10.2. The lowest BCUT2D eigenvalue weighted by Crippen LogP contribution is -1.93. The Hall–Kier alpha value is -2.40. The molecule has 21 heavy (non-hydrogen) atoms. The predicted molar refractivity (Wildman–Crippen MR) is 82.7 cm³/mol. The Balaban J connectivity index is 1.69. The first-order valence-corrected chi connectivity index (χ1v) is 7.45. The molecule has 0 aliphatic carbocycles. The van der Waals surface area contributed by atoms with Crippen LogP contribution in [-0.4, -0.2) is 21.0 Å². The zero-order valence-electron chi connectivity index (χ0n) is 11.2. The van der Waals surface area contributed by atoms with Gasteiger partial charge in [0.15, 0.2) is 0 Å². The first kappa shape index (κ1) is 13.6. The van der Waals surface area contributed by atoms with Crippen molar-refractivity contribution < 1.29 is 9.90 Å². The second kappa shape index (κ2) is 5.93. The number of thiophene rings is 1. The molecule has 0 radical (unpaired) electrons. The lowest BCUT2D eigenvalue weighted by Gasteiger charge is -1.98. The van der Waals surface area contributed by atoms with Gasteiger partial charge < -0.3 is 10.1 Å². The Bertz CT molecular complexity index is 746. The van der Waals surface area contributed by atoms with Crippen LogP contribution in [0.3, 0.4) is 0 Å². The number of carbonyl (C=O) groups is 1. The number of carboxylic acids is 1. The Morgan fingerprint density at radius 2 is 1.95 bits per heavy atom. The van der Waals surface area contributed by atoms with E-state index in [0.717, 1.165) is 29.2 Å². The molecule has 0 bridgehead atoms. The molecule has 106 valence electrons. The van der Waals surface area contributed by atoms with Crippen molar-refractivity contribution in [3.8, 4) is 10.6 Å². The van der Waals surface area contributed by atoms with Crippen LogP contribution in [0, 0.1) is 0 Å². The number of benzene rings is 1. The number of hydrogen-bond acceptors (Lipinski definition) is 3. The molecule has 3 aromatic rings. The van der Waals surface area contributed by atoms with Crippen molar-refractivity contribution in [1.29, 1.82) is 0 Å². The van der Waals surface area contributed by atoms with Gasteiger partial charge in [0.2, 0.25) is 0 Å². The van der Waals surface area contributed by atoms with E-state index in [2.05, 4.69) is 22.1 Å². The van der Waals surface area contributed by atoms with E-state index in [1.165, 1.54) is 16.9 Å². The monoisotopic (exact) mass is 298 g/mol. The number of aromatic nitrogens is 2. The van der Waals surface area contributed by atoms with Crippen LogP contribution in [0.4, 0.5) is 0 Å². The summed E-state index contributed by atoms with van der Waals surface area (Å²) in [5.74, 6) is 0.0224. The molecule has 1 aromatic carbocycles. The van der Waals surface area contributed by atoms with Crippen molar-refractivity contribution in [3.63, 3.8) is 0 Å². The maximum absolute atomic E-state index is 10.9. The molecular weight excluding hydrogens is 284 g/mol. The van der Waals surface area contributed by atoms with Crippen LogP contribution < -0.4 is 0 Å². The van der Waals surface area contributed by atoms with Gasteiger partial charge in [-0.05, 0) is 24.1 Å². The zero-order valence-corrected chi connectivity index (χ0v) is 12.1. The van der Waals surface area contributed by atoms with E-state index in [9.17, 15) is 4.79 Å². The van der Waals surface area contributed by atoms with E-state index in [-0.39, 0.29) is 0 Å². The molecule has 0 unspecified atom stereocenters. The molecule has 0 aliphatic heterocycles. The zero-order chi connectivity index (χ0) is 14.7. The van der Waals surface area contributed by atoms with Crippen LogP contribution in [0.2, 0.25) is 0 Å². The van der Waals surface area contributed by atoms with Gasteiger partial charge in [-0.25, -0.2) is 9.78 Å². The molecule has 0 aliphatic rings. The number of aryl methyl sites for hydroxylation is 2. The van der Waals surface area contributed by atoms with Gasteiger partial charge in [0.25, 0.3) is 0 Å². The van der Waals surface area contributed by atoms with Gasteiger partial charge in [0.1, 0.15) is 10.7 Å². The third kappa shape index (κ3) is 3.20. The van der Waals surface area contributed by atoms with E-state index in [1.54, 1.807) is 12.3 Å². The first-order valence-electron chi connectivity index (χ1n) is 6.63. The molecule has 2 aromatic heterocycles. The van der Waals surface area contributed by atoms with Crippen molar-refractivity contribution in [2.75, 3.05) is 0 Å². The molecule has 0 saturated heterocycles. The summed E-state index contributed by atoms with van der Waals surface area (Å²) >= 11 is 1.25. The van der Waals surface area contributed by atoms with Crippen molar-refractivity contribution in [1.82, 2.24) is 9.97 Å². The smallest absolute Gasteiger partial charge is 0.345 e.